The summed E-state index contributed by atoms with van der Waals surface area (Å²) in [5, 5.41) is 0. The van der Waals surface area contributed by atoms with Gasteiger partial charge in [0.15, 0.2) is 0 Å². The molecule has 32 heavy (non-hydrogen) atoms. The summed E-state index contributed by atoms with van der Waals surface area (Å²) in [4.78, 5) is 4.75. The maximum atomic E-state index is 2.37. The van der Waals surface area contributed by atoms with E-state index in [0.29, 0.717) is 13.4 Å². The van der Waals surface area contributed by atoms with Gasteiger partial charge in [0.25, 0.3) is 0 Å². The predicted octanol–water partition coefficient (Wildman–Crippen LogP) is -2.13. The zero-order valence-corrected chi connectivity index (χ0v) is 36.4. The summed E-state index contributed by atoms with van der Waals surface area (Å²) >= 11 is -0.363. The van der Waals surface area contributed by atoms with Gasteiger partial charge in [0.05, 0.1) is 35.2 Å². The second kappa shape index (κ2) is 21.3. The van der Waals surface area contributed by atoms with Crippen molar-refractivity contribution in [1.82, 2.24) is 0 Å². The molecule has 0 bridgehead atoms. The molecule has 3 N–H and O–H groups in total. The second-order valence-electron chi connectivity index (χ2n) is 13.6. The third-order valence-corrected chi connectivity index (χ3v) is 12.2. The third-order valence-electron chi connectivity index (χ3n) is 3.60. The Morgan fingerprint density at radius 2 is 0.625 bits per heavy atom. The van der Waals surface area contributed by atoms with Gasteiger partial charge in [-0.3, -0.25) is 0 Å². The summed E-state index contributed by atoms with van der Waals surface area (Å²) in [6.45, 7) is 33.5. The summed E-state index contributed by atoms with van der Waals surface area (Å²) in [6, 6.07) is 0. The Kier molecular flexibility index (Phi) is 30.1. The van der Waals surface area contributed by atoms with Crippen LogP contribution < -0.4 is 44.3 Å². The van der Waals surface area contributed by atoms with E-state index in [1.165, 1.54) is 26.2 Å². The molecule has 0 saturated carbocycles. The van der Waals surface area contributed by atoms with Crippen molar-refractivity contribution in [2.75, 3.05) is 61.4 Å². The van der Waals surface area contributed by atoms with Crippen molar-refractivity contribution in [2.24, 2.45) is 0 Å². The molecule has 3 nitrogen and oxygen atoms in total. The molecule has 192 valence electrons. The van der Waals surface area contributed by atoms with Gasteiger partial charge in [-0.25, -0.2) is 0 Å². The number of likely N-dealkylation sites (N-methyl/N-ethyl adjacent to an activating group) is 3. The fourth-order valence-corrected chi connectivity index (χ4v) is 16.1. The molecule has 0 aliphatic rings. The average molecular weight is 796 g/mol. The predicted molar refractivity (Wildman–Crippen MR) is 152 cm³/mol. The quantitative estimate of drug-likeness (QED) is 0.255. The minimum absolute atomic E-state index is 0. The molecule has 0 aliphatic heterocycles. The van der Waals surface area contributed by atoms with Crippen LogP contribution in [-0.2, 0) is 0 Å². The summed E-state index contributed by atoms with van der Waals surface area (Å²) in [7, 11) is 11.1. The molecular formula is C25H65N3NaSb3+4. The van der Waals surface area contributed by atoms with E-state index < -0.39 is 0 Å². The van der Waals surface area contributed by atoms with Crippen molar-refractivity contribution in [3.05, 3.63) is 0 Å². The Labute approximate surface area is 266 Å². The number of nitrogens with one attached hydrogen (secondary N) is 3. The first-order valence-corrected chi connectivity index (χ1v) is 17.6. The van der Waals surface area contributed by atoms with Crippen LogP contribution in [0, 0.1) is 0 Å². The van der Waals surface area contributed by atoms with E-state index in [2.05, 4.69) is 118 Å². The molecule has 0 spiro atoms. The van der Waals surface area contributed by atoms with Gasteiger partial charge in [-0.1, -0.05) is 0 Å². The van der Waals surface area contributed by atoms with E-state index in [-0.39, 0.29) is 97.2 Å². The van der Waals surface area contributed by atoms with Crippen LogP contribution in [0.15, 0.2) is 0 Å². The van der Waals surface area contributed by atoms with Gasteiger partial charge in [0.2, 0.25) is 0 Å². The fraction of sp³-hybridized carbons (Fsp3) is 1.00. The van der Waals surface area contributed by atoms with Crippen molar-refractivity contribution < 1.29 is 44.3 Å². The Morgan fingerprint density at radius 3 is 0.719 bits per heavy atom. The summed E-state index contributed by atoms with van der Waals surface area (Å²) < 4.78 is 2.62. The van der Waals surface area contributed by atoms with Crippen LogP contribution in [0.3, 0.4) is 0 Å². The first-order chi connectivity index (χ1) is 12.9. The van der Waals surface area contributed by atoms with Crippen LogP contribution in [0.4, 0.5) is 0 Å². The van der Waals surface area contributed by atoms with E-state index in [0.717, 1.165) is 0 Å². The Morgan fingerprint density at radius 1 is 0.438 bits per heavy atom. The van der Waals surface area contributed by atoms with Gasteiger partial charge >= 0.3 is 194 Å². The molecule has 2 radical (unpaired) electrons. The van der Waals surface area contributed by atoms with E-state index in [4.69, 9.17) is 0 Å². The van der Waals surface area contributed by atoms with Crippen LogP contribution >= 0.6 is 0 Å². The van der Waals surface area contributed by atoms with Crippen LogP contribution in [0.25, 0.3) is 0 Å². The van der Waals surface area contributed by atoms with Gasteiger partial charge in [-0.05, 0) is 0 Å². The van der Waals surface area contributed by atoms with Gasteiger partial charge in [-0.15, -0.1) is 0 Å². The van der Waals surface area contributed by atoms with E-state index in [1.54, 1.807) is 14.7 Å². The van der Waals surface area contributed by atoms with Crippen LogP contribution in [0.1, 0.15) is 83.1 Å². The standard InChI is InChI=1S/C9H23N3.4C4H9.Na.3Sb.3H/c1-10(2)6-8-12(5)9-7-11(3)4;4*1-4(2)3;;;;;;;/h6-9H2,1-5H3;4*1-3H3;;;;;;;/q;;;;;+1;;;;;;/p+3. The van der Waals surface area contributed by atoms with Crippen LogP contribution in [0.5, 0.6) is 0 Å². The first kappa shape index (κ1) is 45.3. The van der Waals surface area contributed by atoms with Crippen LogP contribution in [0.2, 0.25) is 13.4 Å². The zero-order valence-electron chi connectivity index (χ0n) is 25.8. The molecule has 0 heterocycles. The summed E-state index contributed by atoms with van der Waals surface area (Å²) in [6.07, 6.45) is 0. The Balaban J connectivity index is -0.000000112. The number of rotatable bonds is 6. The van der Waals surface area contributed by atoms with Gasteiger partial charge < -0.3 is 14.7 Å². The van der Waals surface area contributed by atoms with E-state index >= 15 is 0 Å². The second-order valence-corrected chi connectivity index (χ2v) is 32.2. The fourth-order valence-electron chi connectivity index (χ4n) is 3.30. The maximum absolute atomic E-state index is 2.37. The molecule has 0 aromatic carbocycles. The molecule has 0 rings (SSSR count). The van der Waals surface area contributed by atoms with Crippen molar-refractivity contribution in [3.8, 4) is 0 Å². The van der Waals surface area contributed by atoms with Gasteiger partial charge in [0.1, 0.15) is 26.2 Å². The molecule has 0 aliphatic carbocycles. The molecular weight excluding hydrogens is 731 g/mol. The Bertz CT molecular complexity index is 343. The molecule has 0 aromatic heterocycles. The van der Waals surface area contributed by atoms with E-state index in [1.807, 2.05) is 0 Å². The molecule has 0 amide bonds. The van der Waals surface area contributed by atoms with Gasteiger partial charge in [0, 0.05) is 0 Å². The average Bonchev–Trinajstić information content (AvgIpc) is 2.35. The SMILES string of the molecule is C[C](C)(C)[SbH][C](C)(C)C.C[C](C)(C)[SbH][C](C)(C)C.C[NH+](C)CC[NH+](C)CC[NH+](C)C.[Na+].[SbH]. The number of hydrogen-bond acceptors (Lipinski definition) is 0. The van der Waals surface area contributed by atoms with E-state index in [9.17, 15) is 0 Å². The van der Waals surface area contributed by atoms with Crippen LogP contribution in [-0.4, -0.2) is 129 Å². The Hall–Kier alpha value is 3.33. The summed E-state index contributed by atoms with van der Waals surface area (Å²) in [5.41, 5.74) is 0. The molecule has 0 fully saturated rings. The van der Waals surface area contributed by atoms with Crippen molar-refractivity contribution >= 4 is 67.7 Å². The van der Waals surface area contributed by atoms with Crippen molar-refractivity contribution in [1.29, 1.82) is 0 Å². The van der Waals surface area contributed by atoms with Crippen molar-refractivity contribution in [3.63, 3.8) is 0 Å². The zero-order chi connectivity index (χ0) is 25.0. The molecule has 7 heteroatoms. The number of hydrogen-bond donors (Lipinski definition) is 3. The first-order valence-electron chi connectivity index (χ1n) is 11.9. The molecule has 0 atom stereocenters. The van der Waals surface area contributed by atoms with Gasteiger partial charge in [-0.2, -0.15) is 0 Å². The minimum atomic E-state index is -0.182. The monoisotopic (exact) mass is 793 g/mol. The third kappa shape index (κ3) is 54.3. The normalized spacial score (nSPS) is 12.4. The molecule has 0 aromatic rings. The molecule has 0 unspecified atom stereocenters. The molecule has 0 saturated heterocycles. The topological polar surface area (TPSA) is 13.3 Å². The summed E-state index contributed by atoms with van der Waals surface area (Å²) in [5.74, 6) is 0. The van der Waals surface area contributed by atoms with Crippen molar-refractivity contribution in [2.45, 2.75) is 96.5 Å². The number of quaternary nitrogens is 3.